The average Bonchev–Trinajstić information content (AvgIpc) is 3.33. The molecule has 1 amide bonds. The molecule has 1 aromatic carbocycles. The van der Waals surface area contributed by atoms with Crippen molar-refractivity contribution in [3.05, 3.63) is 29.8 Å². The monoisotopic (exact) mass is 499 g/mol. The highest BCUT2D eigenvalue weighted by Gasteiger charge is 2.23. The summed E-state index contributed by atoms with van der Waals surface area (Å²) in [5, 5.41) is 6.84. The lowest BCUT2D eigenvalue weighted by atomic mass is 10.2. The van der Waals surface area contributed by atoms with Crippen molar-refractivity contribution < 1.29 is 4.79 Å². The number of rotatable bonds is 7. The highest BCUT2D eigenvalue weighted by Crippen LogP contribution is 2.21. The molecule has 0 radical (unpaired) electrons. The molecule has 0 saturated carbocycles. The van der Waals surface area contributed by atoms with Crippen LogP contribution in [0.1, 0.15) is 45.1 Å². The Morgan fingerprint density at radius 3 is 2.57 bits per heavy atom. The summed E-state index contributed by atoms with van der Waals surface area (Å²) in [6.07, 6.45) is 4.18. The summed E-state index contributed by atoms with van der Waals surface area (Å²) < 4.78 is 0. The highest BCUT2D eigenvalue weighted by molar-refractivity contribution is 14.0. The molecule has 28 heavy (non-hydrogen) atoms. The Morgan fingerprint density at radius 1 is 1.14 bits per heavy atom. The van der Waals surface area contributed by atoms with Gasteiger partial charge in [-0.1, -0.05) is 19.1 Å². The number of carbonyl (C=O) groups excluding carboxylic acids is 1. The lowest BCUT2D eigenvalue weighted by molar-refractivity contribution is -0.117. The van der Waals surface area contributed by atoms with E-state index in [4.69, 9.17) is 4.99 Å². The molecule has 2 N–H and O–H groups in total. The summed E-state index contributed by atoms with van der Waals surface area (Å²) in [5.41, 5.74) is 2.15. The number of halogens is 1. The Morgan fingerprint density at radius 2 is 1.93 bits per heavy atom. The summed E-state index contributed by atoms with van der Waals surface area (Å²) in [6.45, 7) is 9.91. The van der Waals surface area contributed by atoms with Crippen LogP contribution in [0.3, 0.4) is 0 Å². The lowest BCUT2D eigenvalue weighted by Crippen LogP contribution is -2.44. The number of likely N-dealkylation sites (tertiary alicyclic amines) is 1. The number of benzene rings is 1. The van der Waals surface area contributed by atoms with Crippen LogP contribution in [-0.2, 0) is 11.3 Å². The molecule has 2 aliphatic heterocycles. The van der Waals surface area contributed by atoms with Crippen LogP contribution in [0.4, 0.5) is 5.69 Å². The number of anilines is 1. The topological polar surface area (TPSA) is 60.0 Å². The molecule has 2 heterocycles. The Hall–Kier alpha value is -1.35. The molecular weight excluding hydrogens is 465 g/mol. The minimum absolute atomic E-state index is 0. The van der Waals surface area contributed by atoms with Crippen molar-refractivity contribution in [2.45, 2.75) is 52.1 Å². The van der Waals surface area contributed by atoms with Gasteiger partial charge in [0.15, 0.2) is 5.96 Å². The molecule has 2 saturated heterocycles. The van der Waals surface area contributed by atoms with Gasteiger partial charge in [-0.25, -0.2) is 4.99 Å². The molecule has 2 fully saturated rings. The highest BCUT2D eigenvalue weighted by atomic mass is 127. The van der Waals surface area contributed by atoms with Gasteiger partial charge in [0.1, 0.15) is 0 Å². The van der Waals surface area contributed by atoms with E-state index in [0.29, 0.717) is 19.0 Å². The second-order valence-electron chi connectivity index (χ2n) is 7.32. The molecular formula is C21H34IN5O. The first-order valence-electron chi connectivity index (χ1n) is 10.4. The van der Waals surface area contributed by atoms with E-state index in [1.54, 1.807) is 0 Å². The van der Waals surface area contributed by atoms with Crippen LogP contribution in [0.5, 0.6) is 0 Å². The van der Waals surface area contributed by atoms with E-state index in [9.17, 15) is 4.79 Å². The van der Waals surface area contributed by atoms with E-state index in [2.05, 4.69) is 41.5 Å². The van der Waals surface area contributed by atoms with Gasteiger partial charge < -0.3 is 15.5 Å². The van der Waals surface area contributed by atoms with E-state index in [-0.39, 0.29) is 29.9 Å². The summed E-state index contributed by atoms with van der Waals surface area (Å²) >= 11 is 0. The second kappa shape index (κ2) is 11.6. The van der Waals surface area contributed by atoms with Crippen LogP contribution >= 0.6 is 24.0 Å². The fourth-order valence-corrected chi connectivity index (χ4v) is 3.97. The molecule has 3 rings (SSSR count). The standard InChI is InChI=1S/C21H33N5O.HI/c1-3-22-21(24-16-19-7-5-13-25(19)4-2)23-15-17-9-11-18(12-10-17)26-14-6-8-20(26)27;/h9-12,19H,3-8,13-16H2,1-2H3,(H2,22,23,24);1H. The number of nitrogens with zero attached hydrogens (tertiary/aromatic N) is 3. The van der Waals surface area contributed by atoms with Gasteiger partial charge in [0.05, 0.1) is 6.54 Å². The smallest absolute Gasteiger partial charge is 0.227 e. The first-order valence-corrected chi connectivity index (χ1v) is 10.4. The molecule has 7 heteroatoms. The Balaban J connectivity index is 0.00000280. The Labute approximate surface area is 186 Å². The predicted octanol–water partition coefficient (Wildman–Crippen LogP) is 2.97. The van der Waals surface area contributed by atoms with E-state index in [1.807, 2.05) is 17.0 Å². The van der Waals surface area contributed by atoms with Crippen LogP contribution in [-0.4, -0.2) is 55.5 Å². The maximum absolute atomic E-state index is 11.9. The molecule has 1 aromatic rings. The molecule has 2 aliphatic rings. The van der Waals surface area contributed by atoms with E-state index in [0.717, 1.165) is 49.8 Å². The maximum Gasteiger partial charge on any atom is 0.227 e. The van der Waals surface area contributed by atoms with Gasteiger partial charge in [0.25, 0.3) is 0 Å². The number of aliphatic imine (C=N–C) groups is 1. The molecule has 156 valence electrons. The summed E-state index contributed by atoms with van der Waals surface area (Å²) in [7, 11) is 0. The average molecular weight is 499 g/mol. The summed E-state index contributed by atoms with van der Waals surface area (Å²) in [6, 6.07) is 8.82. The van der Waals surface area contributed by atoms with Crippen LogP contribution in [0, 0.1) is 0 Å². The lowest BCUT2D eigenvalue weighted by Gasteiger charge is -2.24. The largest absolute Gasteiger partial charge is 0.357 e. The zero-order valence-corrected chi connectivity index (χ0v) is 19.4. The first kappa shape index (κ1) is 22.9. The van der Waals surface area contributed by atoms with Crippen molar-refractivity contribution in [3.63, 3.8) is 0 Å². The Kier molecular flexibility index (Phi) is 9.50. The maximum atomic E-state index is 11.9. The van der Waals surface area contributed by atoms with Gasteiger partial charge >= 0.3 is 0 Å². The van der Waals surface area contributed by atoms with Crippen molar-refractivity contribution in [2.75, 3.05) is 37.6 Å². The van der Waals surface area contributed by atoms with Crippen molar-refractivity contribution in [3.8, 4) is 0 Å². The minimum atomic E-state index is 0. The number of hydrogen-bond donors (Lipinski definition) is 2. The van der Waals surface area contributed by atoms with Crippen molar-refractivity contribution in [1.82, 2.24) is 15.5 Å². The number of hydrogen-bond acceptors (Lipinski definition) is 3. The number of carbonyl (C=O) groups is 1. The minimum Gasteiger partial charge on any atom is -0.357 e. The molecule has 0 spiro atoms. The Bertz CT molecular complexity index is 649. The summed E-state index contributed by atoms with van der Waals surface area (Å²) in [4.78, 5) is 21.0. The van der Waals surface area contributed by atoms with Gasteiger partial charge in [0.2, 0.25) is 5.91 Å². The van der Waals surface area contributed by atoms with Gasteiger partial charge in [-0.3, -0.25) is 9.69 Å². The molecule has 0 bridgehead atoms. The SMILES string of the molecule is CCNC(=NCc1ccc(N2CCCC2=O)cc1)NCC1CCCN1CC.I. The van der Waals surface area contributed by atoms with Crippen LogP contribution in [0.15, 0.2) is 29.3 Å². The number of amides is 1. The first-order chi connectivity index (χ1) is 13.2. The number of guanidine groups is 1. The molecule has 6 nitrogen and oxygen atoms in total. The predicted molar refractivity (Wildman–Crippen MR) is 127 cm³/mol. The van der Waals surface area contributed by atoms with Crippen molar-refractivity contribution in [1.29, 1.82) is 0 Å². The van der Waals surface area contributed by atoms with Gasteiger partial charge in [0, 0.05) is 37.8 Å². The normalized spacial score (nSPS) is 20.4. The van der Waals surface area contributed by atoms with Gasteiger partial charge in [-0.2, -0.15) is 0 Å². The van der Waals surface area contributed by atoms with Crippen molar-refractivity contribution >= 4 is 41.5 Å². The van der Waals surface area contributed by atoms with E-state index in [1.165, 1.54) is 19.4 Å². The number of nitrogens with one attached hydrogen (secondary N) is 2. The fourth-order valence-electron chi connectivity index (χ4n) is 3.97. The quantitative estimate of drug-likeness (QED) is 0.344. The molecule has 0 aliphatic carbocycles. The third-order valence-electron chi connectivity index (χ3n) is 5.50. The zero-order chi connectivity index (χ0) is 19.1. The van der Waals surface area contributed by atoms with Crippen LogP contribution in [0.25, 0.3) is 0 Å². The van der Waals surface area contributed by atoms with E-state index < -0.39 is 0 Å². The molecule has 1 unspecified atom stereocenters. The van der Waals surface area contributed by atoms with Crippen LogP contribution in [0.2, 0.25) is 0 Å². The van der Waals surface area contributed by atoms with Gasteiger partial charge in [-0.05, 0) is 57.0 Å². The van der Waals surface area contributed by atoms with Crippen molar-refractivity contribution in [2.24, 2.45) is 4.99 Å². The molecule has 0 aromatic heterocycles. The van der Waals surface area contributed by atoms with Gasteiger partial charge in [-0.15, -0.1) is 24.0 Å². The number of likely N-dealkylation sites (N-methyl/N-ethyl adjacent to an activating group) is 1. The zero-order valence-electron chi connectivity index (χ0n) is 17.1. The second-order valence-corrected chi connectivity index (χ2v) is 7.32. The third-order valence-corrected chi connectivity index (χ3v) is 5.50. The third kappa shape index (κ3) is 6.07. The van der Waals surface area contributed by atoms with Crippen LogP contribution < -0.4 is 15.5 Å². The summed E-state index contributed by atoms with van der Waals surface area (Å²) in [5.74, 6) is 1.10. The fraction of sp³-hybridized carbons (Fsp3) is 0.619. The molecule has 1 atom stereocenters. The van der Waals surface area contributed by atoms with E-state index >= 15 is 0 Å².